The number of carbonyl (C=O) groups excluding carboxylic acids is 1. The van der Waals surface area contributed by atoms with Gasteiger partial charge in [0.15, 0.2) is 0 Å². The van der Waals surface area contributed by atoms with E-state index in [-0.39, 0.29) is 8.98 Å². The summed E-state index contributed by atoms with van der Waals surface area (Å²) in [6.45, 7) is 0. The molecular formula is C5H7Cl4NO. The highest BCUT2D eigenvalue weighted by atomic mass is 35.5. The summed E-state index contributed by atoms with van der Waals surface area (Å²) in [4.78, 5) is 10.9. The number of hydrogen-bond acceptors (Lipinski definition) is 1. The maximum atomic E-state index is 9.43. The van der Waals surface area contributed by atoms with Crippen LogP contribution in [0.5, 0.6) is 0 Å². The predicted molar refractivity (Wildman–Crippen MR) is 50.2 cm³/mol. The number of rotatable bonds is 1. The number of hydrogen-bond donors (Lipinski definition) is 0. The molecule has 0 atom stereocenters. The molecule has 11 heavy (non-hydrogen) atoms. The normalized spacial score (nSPS) is 7.45. The molecule has 66 valence electrons. The van der Waals surface area contributed by atoms with Crippen molar-refractivity contribution in [2.75, 3.05) is 14.1 Å². The molecule has 1 amide bonds. The Bertz CT molecular complexity index is 127. The van der Waals surface area contributed by atoms with Crippen LogP contribution in [0.4, 0.5) is 0 Å². The second kappa shape index (κ2) is 8.47. The first-order valence-corrected chi connectivity index (χ1v) is 3.91. The molecule has 0 saturated heterocycles. The van der Waals surface area contributed by atoms with Crippen LogP contribution in [-0.2, 0) is 4.79 Å². The summed E-state index contributed by atoms with van der Waals surface area (Å²) in [5, 5.41) is 0. The lowest BCUT2D eigenvalue weighted by Gasteiger charge is -1.93. The van der Waals surface area contributed by atoms with Gasteiger partial charge >= 0.3 is 0 Å². The lowest BCUT2D eigenvalue weighted by molar-refractivity contribution is -0.115. The van der Waals surface area contributed by atoms with Gasteiger partial charge in [0.25, 0.3) is 0 Å². The van der Waals surface area contributed by atoms with Gasteiger partial charge in [0.1, 0.15) is 8.98 Å². The van der Waals surface area contributed by atoms with E-state index in [9.17, 15) is 4.79 Å². The smallest absolute Gasteiger partial charge is 0.209 e. The molecule has 0 aliphatic heterocycles. The summed E-state index contributed by atoms with van der Waals surface area (Å²) in [6, 6.07) is 0. The molecule has 0 aliphatic rings. The molecule has 0 heterocycles. The van der Waals surface area contributed by atoms with E-state index in [1.165, 1.54) is 4.90 Å². The number of carbonyl (C=O) groups is 1. The van der Waals surface area contributed by atoms with E-state index < -0.39 is 0 Å². The Morgan fingerprint density at radius 3 is 1.27 bits per heavy atom. The summed E-state index contributed by atoms with van der Waals surface area (Å²) in [5.41, 5.74) is 0. The minimum atomic E-state index is -0.0988. The lowest BCUT2D eigenvalue weighted by Crippen LogP contribution is -2.06. The average Bonchev–Trinajstić information content (AvgIpc) is 1.89. The molecule has 0 spiro atoms. The molecule has 0 fully saturated rings. The van der Waals surface area contributed by atoms with Crippen LogP contribution in [0, 0.1) is 0 Å². The van der Waals surface area contributed by atoms with Crippen molar-refractivity contribution in [1.29, 1.82) is 0 Å². The zero-order valence-corrected chi connectivity index (χ0v) is 8.97. The van der Waals surface area contributed by atoms with Crippen LogP contribution in [0.3, 0.4) is 0 Å². The molecule has 0 aromatic heterocycles. The van der Waals surface area contributed by atoms with Crippen LogP contribution in [0.2, 0.25) is 0 Å². The van der Waals surface area contributed by atoms with E-state index in [2.05, 4.69) is 0 Å². The van der Waals surface area contributed by atoms with Gasteiger partial charge in [-0.25, -0.2) is 0 Å². The van der Waals surface area contributed by atoms with Gasteiger partial charge in [0.2, 0.25) is 6.41 Å². The van der Waals surface area contributed by atoms with Gasteiger partial charge in [-0.15, -0.1) is 0 Å². The summed E-state index contributed by atoms with van der Waals surface area (Å²) < 4.78 is -0.198. The standard InChI is InChI=1S/C3H7NO.C2Cl4/c1-4(2)3-5;3-1(4)2(5)6/h3H,1-2H3;. The SMILES string of the molecule is CN(C)C=O.ClC(Cl)=C(Cl)Cl. The third kappa shape index (κ3) is 17.9. The van der Waals surface area contributed by atoms with Crippen LogP contribution < -0.4 is 0 Å². The fourth-order valence-corrected chi connectivity index (χ4v) is 0. The second-order valence-electron chi connectivity index (χ2n) is 1.59. The fraction of sp³-hybridized carbons (Fsp3) is 0.400. The van der Waals surface area contributed by atoms with Crippen LogP contribution in [0.25, 0.3) is 0 Å². The summed E-state index contributed by atoms with van der Waals surface area (Å²) in [5.74, 6) is 0. The van der Waals surface area contributed by atoms with Crippen molar-refractivity contribution >= 4 is 52.8 Å². The van der Waals surface area contributed by atoms with E-state index in [4.69, 9.17) is 46.4 Å². The van der Waals surface area contributed by atoms with Crippen LogP contribution in [-0.4, -0.2) is 25.4 Å². The van der Waals surface area contributed by atoms with Crippen LogP contribution in [0.15, 0.2) is 8.98 Å². The predicted octanol–water partition coefficient (Wildman–Crippen LogP) is 2.77. The minimum Gasteiger partial charge on any atom is -0.351 e. The van der Waals surface area contributed by atoms with E-state index in [0.717, 1.165) is 6.41 Å². The third-order valence-corrected chi connectivity index (χ3v) is 1.50. The molecular weight excluding hydrogens is 232 g/mol. The lowest BCUT2D eigenvalue weighted by atomic mass is 11.0. The van der Waals surface area contributed by atoms with Gasteiger partial charge in [-0.3, -0.25) is 4.79 Å². The van der Waals surface area contributed by atoms with Crippen LogP contribution in [0.1, 0.15) is 0 Å². The van der Waals surface area contributed by atoms with Gasteiger partial charge in [-0.1, -0.05) is 46.4 Å². The molecule has 0 aromatic carbocycles. The van der Waals surface area contributed by atoms with Gasteiger partial charge in [0.05, 0.1) is 0 Å². The maximum absolute atomic E-state index is 9.43. The molecule has 0 radical (unpaired) electrons. The monoisotopic (exact) mass is 237 g/mol. The zero-order chi connectivity index (χ0) is 9.44. The number of halogens is 4. The van der Waals surface area contributed by atoms with Crippen molar-refractivity contribution < 1.29 is 4.79 Å². The Morgan fingerprint density at radius 1 is 1.09 bits per heavy atom. The van der Waals surface area contributed by atoms with Crippen molar-refractivity contribution in [3.63, 3.8) is 0 Å². The molecule has 0 bridgehead atoms. The van der Waals surface area contributed by atoms with Crippen LogP contribution >= 0.6 is 46.4 Å². The second-order valence-corrected chi connectivity index (χ2v) is 3.49. The van der Waals surface area contributed by atoms with Crippen molar-refractivity contribution in [1.82, 2.24) is 4.90 Å². The molecule has 0 aliphatic carbocycles. The quantitative estimate of drug-likeness (QED) is 0.644. The Morgan fingerprint density at radius 2 is 1.27 bits per heavy atom. The van der Waals surface area contributed by atoms with E-state index >= 15 is 0 Å². The molecule has 0 N–H and O–H groups in total. The van der Waals surface area contributed by atoms with Gasteiger partial charge in [-0.05, 0) is 0 Å². The van der Waals surface area contributed by atoms with Gasteiger partial charge < -0.3 is 4.90 Å². The topological polar surface area (TPSA) is 20.3 Å². The Labute approximate surface area is 85.6 Å². The van der Waals surface area contributed by atoms with Crippen molar-refractivity contribution in [3.05, 3.63) is 8.98 Å². The molecule has 6 heteroatoms. The summed E-state index contributed by atoms with van der Waals surface area (Å²) >= 11 is 20.0. The fourth-order valence-electron chi connectivity index (χ4n) is 0. The minimum absolute atomic E-state index is 0.0988. The highest BCUT2D eigenvalue weighted by Crippen LogP contribution is 2.20. The number of nitrogens with zero attached hydrogens (tertiary/aromatic N) is 1. The first kappa shape index (κ1) is 13.9. The maximum Gasteiger partial charge on any atom is 0.209 e. The summed E-state index contributed by atoms with van der Waals surface area (Å²) in [6.07, 6.45) is 0.750. The average molecular weight is 239 g/mol. The highest BCUT2D eigenvalue weighted by Gasteiger charge is 1.88. The van der Waals surface area contributed by atoms with E-state index in [1.54, 1.807) is 14.1 Å². The van der Waals surface area contributed by atoms with Gasteiger partial charge in [0, 0.05) is 14.1 Å². The molecule has 0 aromatic rings. The first-order valence-electron chi connectivity index (χ1n) is 2.39. The molecule has 0 saturated carbocycles. The van der Waals surface area contributed by atoms with E-state index in [1.807, 2.05) is 0 Å². The van der Waals surface area contributed by atoms with Crippen molar-refractivity contribution in [2.24, 2.45) is 0 Å². The van der Waals surface area contributed by atoms with E-state index in [0.29, 0.717) is 0 Å². The Balaban J connectivity index is 0. The van der Waals surface area contributed by atoms with Crippen molar-refractivity contribution in [2.45, 2.75) is 0 Å². The largest absolute Gasteiger partial charge is 0.351 e. The summed E-state index contributed by atoms with van der Waals surface area (Å²) in [7, 11) is 3.38. The zero-order valence-electron chi connectivity index (χ0n) is 5.94. The molecule has 0 unspecified atom stereocenters. The Hall–Kier alpha value is 0.370. The van der Waals surface area contributed by atoms with Gasteiger partial charge in [-0.2, -0.15) is 0 Å². The first-order chi connectivity index (χ1) is 4.91. The Kier molecular flexibility index (Phi) is 10.7. The highest BCUT2D eigenvalue weighted by molar-refractivity contribution is 6.67. The molecule has 0 rings (SSSR count). The molecule has 2 nitrogen and oxygen atoms in total. The number of amides is 1. The third-order valence-electron chi connectivity index (χ3n) is 0.354. The van der Waals surface area contributed by atoms with Crippen molar-refractivity contribution in [3.8, 4) is 0 Å².